The van der Waals surface area contributed by atoms with Crippen LogP contribution in [0.5, 0.6) is 0 Å². The van der Waals surface area contributed by atoms with Crippen LogP contribution in [-0.4, -0.2) is 25.6 Å². The van der Waals surface area contributed by atoms with Gasteiger partial charge in [0.2, 0.25) is 0 Å². The standard InChI is InChI=1S/C12H16N4/c13-10-3-4-11-9(8-10)2-1-7-16(11)12-14-5-6-15-12/h3-4,8H,1-2,5-7,13H2,(H,14,15). The van der Waals surface area contributed by atoms with E-state index in [9.17, 15) is 0 Å². The lowest BCUT2D eigenvalue weighted by Gasteiger charge is -2.31. The predicted molar refractivity (Wildman–Crippen MR) is 66.8 cm³/mol. The van der Waals surface area contributed by atoms with Gasteiger partial charge in [-0.15, -0.1) is 0 Å². The molecule has 4 nitrogen and oxygen atoms in total. The van der Waals surface area contributed by atoms with E-state index in [1.54, 1.807) is 0 Å². The van der Waals surface area contributed by atoms with E-state index >= 15 is 0 Å². The number of benzene rings is 1. The van der Waals surface area contributed by atoms with E-state index in [-0.39, 0.29) is 0 Å². The second kappa shape index (κ2) is 3.70. The molecule has 0 spiro atoms. The molecule has 1 aromatic carbocycles. The summed E-state index contributed by atoms with van der Waals surface area (Å²) in [4.78, 5) is 6.75. The number of rotatable bonds is 0. The summed E-state index contributed by atoms with van der Waals surface area (Å²) >= 11 is 0. The number of aliphatic imine (C=N–C) groups is 1. The molecule has 0 atom stereocenters. The van der Waals surface area contributed by atoms with Crippen LogP contribution >= 0.6 is 0 Å². The second-order valence-corrected chi connectivity index (χ2v) is 4.28. The predicted octanol–water partition coefficient (Wildman–Crippen LogP) is 0.981. The third kappa shape index (κ3) is 1.50. The summed E-state index contributed by atoms with van der Waals surface area (Å²) in [6.45, 7) is 2.88. The smallest absolute Gasteiger partial charge is 0.198 e. The fraction of sp³-hybridized carbons (Fsp3) is 0.417. The van der Waals surface area contributed by atoms with Crippen molar-refractivity contribution >= 4 is 17.3 Å². The molecule has 0 aliphatic carbocycles. The number of nitrogens with two attached hydrogens (primary N) is 1. The number of hydrogen-bond donors (Lipinski definition) is 2. The summed E-state index contributed by atoms with van der Waals surface area (Å²) in [7, 11) is 0. The third-order valence-corrected chi connectivity index (χ3v) is 3.13. The molecule has 0 unspecified atom stereocenters. The van der Waals surface area contributed by atoms with Gasteiger partial charge in [0, 0.05) is 24.5 Å². The molecule has 0 saturated carbocycles. The minimum absolute atomic E-state index is 0.849. The summed E-state index contributed by atoms with van der Waals surface area (Å²) in [5.41, 5.74) is 9.26. The van der Waals surface area contributed by atoms with Crippen molar-refractivity contribution in [1.82, 2.24) is 5.32 Å². The first-order valence-electron chi connectivity index (χ1n) is 5.79. The second-order valence-electron chi connectivity index (χ2n) is 4.28. The molecule has 3 N–H and O–H groups in total. The Morgan fingerprint density at radius 1 is 1.38 bits per heavy atom. The highest BCUT2D eigenvalue weighted by Gasteiger charge is 2.22. The van der Waals surface area contributed by atoms with Gasteiger partial charge in [0.25, 0.3) is 0 Å². The lowest BCUT2D eigenvalue weighted by atomic mass is 10.0. The molecule has 1 aromatic rings. The minimum atomic E-state index is 0.849. The molecular weight excluding hydrogens is 200 g/mol. The Morgan fingerprint density at radius 3 is 3.12 bits per heavy atom. The van der Waals surface area contributed by atoms with Crippen molar-refractivity contribution in [2.75, 3.05) is 30.3 Å². The van der Waals surface area contributed by atoms with Crippen LogP contribution in [-0.2, 0) is 6.42 Å². The zero-order chi connectivity index (χ0) is 11.0. The number of nitrogen functional groups attached to an aromatic ring is 1. The van der Waals surface area contributed by atoms with Gasteiger partial charge in [-0.05, 0) is 36.6 Å². The number of nitrogens with zero attached hydrogens (tertiary/aromatic N) is 2. The molecule has 0 radical (unpaired) electrons. The molecule has 84 valence electrons. The van der Waals surface area contributed by atoms with E-state index in [1.807, 2.05) is 6.07 Å². The first kappa shape index (κ1) is 9.51. The van der Waals surface area contributed by atoms with Crippen molar-refractivity contribution in [2.24, 2.45) is 4.99 Å². The van der Waals surface area contributed by atoms with Gasteiger partial charge in [-0.25, -0.2) is 0 Å². The third-order valence-electron chi connectivity index (χ3n) is 3.13. The van der Waals surface area contributed by atoms with Crippen LogP contribution < -0.4 is 16.0 Å². The molecular formula is C12H16N4. The van der Waals surface area contributed by atoms with E-state index in [4.69, 9.17) is 5.73 Å². The highest BCUT2D eigenvalue weighted by Crippen LogP contribution is 2.29. The minimum Gasteiger partial charge on any atom is -0.399 e. The average molecular weight is 216 g/mol. The van der Waals surface area contributed by atoms with Crippen molar-refractivity contribution in [2.45, 2.75) is 12.8 Å². The van der Waals surface area contributed by atoms with Gasteiger partial charge in [-0.3, -0.25) is 4.99 Å². The monoisotopic (exact) mass is 216 g/mol. The molecule has 0 fully saturated rings. The number of nitrogens with one attached hydrogen (secondary N) is 1. The molecule has 0 amide bonds. The van der Waals surface area contributed by atoms with Gasteiger partial charge in [-0.2, -0.15) is 0 Å². The summed E-state index contributed by atoms with van der Waals surface area (Å²) in [5, 5.41) is 3.33. The zero-order valence-electron chi connectivity index (χ0n) is 9.24. The average Bonchev–Trinajstić information content (AvgIpc) is 2.81. The Balaban J connectivity index is 1.99. The lowest BCUT2D eigenvalue weighted by Crippen LogP contribution is -2.41. The van der Waals surface area contributed by atoms with Gasteiger partial charge in [-0.1, -0.05) is 0 Å². The van der Waals surface area contributed by atoms with E-state index in [1.165, 1.54) is 11.3 Å². The Morgan fingerprint density at radius 2 is 2.31 bits per heavy atom. The van der Waals surface area contributed by atoms with Crippen molar-refractivity contribution < 1.29 is 0 Å². The first-order valence-corrected chi connectivity index (χ1v) is 5.79. The van der Waals surface area contributed by atoms with Crippen molar-refractivity contribution in [3.63, 3.8) is 0 Å². The number of fused-ring (bicyclic) bond motifs is 1. The van der Waals surface area contributed by atoms with Crippen LogP contribution in [0.4, 0.5) is 11.4 Å². The SMILES string of the molecule is Nc1ccc2c(c1)CCCN2C1=NCCN1. The maximum Gasteiger partial charge on any atom is 0.198 e. The normalized spacial score (nSPS) is 19.0. The first-order chi connectivity index (χ1) is 7.84. The molecule has 0 saturated heterocycles. The molecule has 2 heterocycles. The highest BCUT2D eigenvalue weighted by molar-refractivity contribution is 5.98. The number of aryl methyl sites for hydroxylation is 1. The molecule has 4 heteroatoms. The quantitative estimate of drug-likeness (QED) is 0.636. The number of hydrogen-bond acceptors (Lipinski definition) is 4. The summed E-state index contributed by atoms with van der Waals surface area (Å²) in [6.07, 6.45) is 2.28. The van der Waals surface area contributed by atoms with Crippen LogP contribution in [0.15, 0.2) is 23.2 Å². The van der Waals surface area contributed by atoms with E-state index in [0.29, 0.717) is 0 Å². The van der Waals surface area contributed by atoms with Gasteiger partial charge < -0.3 is 16.0 Å². The zero-order valence-corrected chi connectivity index (χ0v) is 9.24. The molecule has 2 aliphatic heterocycles. The van der Waals surface area contributed by atoms with E-state index in [2.05, 4.69) is 27.3 Å². The maximum absolute atomic E-state index is 5.82. The van der Waals surface area contributed by atoms with E-state index < -0.39 is 0 Å². The molecule has 0 bridgehead atoms. The van der Waals surface area contributed by atoms with Crippen molar-refractivity contribution in [1.29, 1.82) is 0 Å². The van der Waals surface area contributed by atoms with Crippen LogP contribution in [0, 0.1) is 0 Å². The fourth-order valence-corrected chi connectivity index (χ4v) is 2.40. The maximum atomic E-state index is 5.82. The Labute approximate surface area is 95.2 Å². The van der Waals surface area contributed by atoms with Crippen LogP contribution in [0.3, 0.4) is 0 Å². The molecule has 0 aromatic heterocycles. The molecule has 2 aliphatic rings. The van der Waals surface area contributed by atoms with E-state index in [0.717, 1.165) is 44.1 Å². The summed E-state index contributed by atoms with van der Waals surface area (Å²) in [6, 6.07) is 6.15. The Kier molecular flexibility index (Phi) is 2.20. The largest absolute Gasteiger partial charge is 0.399 e. The summed E-state index contributed by atoms with van der Waals surface area (Å²) < 4.78 is 0. The number of guanidine groups is 1. The summed E-state index contributed by atoms with van der Waals surface area (Å²) in [5.74, 6) is 1.02. The van der Waals surface area contributed by atoms with Crippen LogP contribution in [0.1, 0.15) is 12.0 Å². The van der Waals surface area contributed by atoms with Crippen LogP contribution in [0.2, 0.25) is 0 Å². The van der Waals surface area contributed by atoms with Crippen molar-refractivity contribution in [3.05, 3.63) is 23.8 Å². The van der Waals surface area contributed by atoms with Gasteiger partial charge in [0.1, 0.15) is 0 Å². The topological polar surface area (TPSA) is 53.6 Å². The van der Waals surface area contributed by atoms with Gasteiger partial charge in [0.15, 0.2) is 5.96 Å². The van der Waals surface area contributed by atoms with Gasteiger partial charge in [0.05, 0.1) is 6.54 Å². The highest BCUT2D eigenvalue weighted by atomic mass is 15.3. The molecule has 16 heavy (non-hydrogen) atoms. The van der Waals surface area contributed by atoms with Crippen LogP contribution in [0.25, 0.3) is 0 Å². The Bertz CT molecular complexity index is 439. The van der Waals surface area contributed by atoms with Gasteiger partial charge >= 0.3 is 0 Å². The Hall–Kier alpha value is -1.71. The number of anilines is 2. The lowest BCUT2D eigenvalue weighted by molar-refractivity contribution is 0.769. The molecule has 3 rings (SSSR count). The fourth-order valence-electron chi connectivity index (χ4n) is 2.40. The van der Waals surface area contributed by atoms with Crippen molar-refractivity contribution in [3.8, 4) is 0 Å².